The highest BCUT2D eigenvalue weighted by molar-refractivity contribution is 5.43. The van der Waals surface area contributed by atoms with Crippen LogP contribution in [0.5, 0.6) is 0 Å². The molecule has 2 aromatic heterocycles. The molecule has 1 aliphatic heterocycles. The smallest absolute Gasteiger partial charge is 0.240 e. The molecule has 0 spiro atoms. The largest absolute Gasteiger partial charge is 0.353 e. The maximum Gasteiger partial charge on any atom is 0.240 e. The van der Waals surface area contributed by atoms with Crippen molar-refractivity contribution < 1.29 is 4.52 Å². The van der Waals surface area contributed by atoms with Crippen LogP contribution in [0, 0.1) is 13.8 Å². The van der Waals surface area contributed by atoms with Gasteiger partial charge in [0.2, 0.25) is 5.89 Å². The number of hydrogen-bond donors (Lipinski definition) is 0. The van der Waals surface area contributed by atoms with Crippen molar-refractivity contribution in [3.63, 3.8) is 0 Å². The maximum absolute atomic E-state index is 5.70. The van der Waals surface area contributed by atoms with Gasteiger partial charge in [0.25, 0.3) is 0 Å². The van der Waals surface area contributed by atoms with E-state index in [0.717, 1.165) is 54.5 Å². The quantitative estimate of drug-likeness (QED) is 0.449. The van der Waals surface area contributed by atoms with Gasteiger partial charge in [-0.2, -0.15) is 4.98 Å². The molecule has 0 atom stereocenters. The first-order valence-electron chi connectivity index (χ1n) is 11.4. The highest BCUT2D eigenvalue weighted by Crippen LogP contribution is 2.30. The standard InChI is InChI=1S/C26H28N6O/c1-19-17-27-20(2)26(28-19)32-15-13-31(14-16-32)18-23-29-25(30-33-23)24(21-9-5-3-6-10-21)22-11-7-4-8-12-22/h3-12,17,24H,13-16,18H2,1-2H3. The molecule has 0 amide bonds. The molecular formula is C26H28N6O. The number of piperazine rings is 1. The molecule has 3 heterocycles. The molecule has 0 N–H and O–H groups in total. The lowest BCUT2D eigenvalue weighted by Gasteiger charge is -2.35. The summed E-state index contributed by atoms with van der Waals surface area (Å²) >= 11 is 0. The summed E-state index contributed by atoms with van der Waals surface area (Å²) in [6, 6.07) is 20.7. The van der Waals surface area contributed by atoms with Crippen LogP contribution >= 0.6 is 0 Å². The summed E-state index contributed by atoms with van der Waals surface area (Å²) in [5.41, 5.74) is 4.23. The minimum atomic E-state index is -0.0513. The fraction of sp³-hybridized carbons (Fsp3) is 0.308. The van der Waals surface area contributed by atoms with Gasteiger partial charge in [-0.05, 0) is 25.0 Å². The van der Waals surface area contributed by atoms with Crippen LogP contribution in [-0.4, -0.2) is 51.2 Å². The number of benzene rings is 2. The summed E-state index contributed by atoms with van der Waals surface area (Å²) < 4.78 is 5.70. The van der Waals surface area contributed by atoms with E-state index in [1.165, 1.54) is 0 Å². The molecule has 0 aliphatic carbocycles. The van der Waals surface area contributed by atoms with Gasteiger partial charge in [0.1, 0.15) is 5.82 Å². The fourth-order valence-corrected chi connectivity index (χ4v) is 4.36. The van der Waals surface area contributed by atoms with Crippen LogP contribution in [0.25, 0.3) is 0 Å². The Morgan fingerprint density at radius 1 is 0.848 bits per heavy atom. The summed E-state index contributed by atoms with van der Waals surface area (Å²) in [4.78, 5) is 18.6. The molecule has 0 saturated carbocycles. The molecule has 5 rings (SSSR count). The number of hydrogen-bond acceptors (Lipinski definition) is 7. The molecule has 0 unspecified atom stereocenters. The van der Waals surface area contributed by atoms with Crippen LogP contribution in [0.2, 0.25) is 0 Å². The van der Waals surface area contributed by atoms with E-state index in [1.807, 2.05) is 56.4 Å². The zero-order valence-corrected chi connectivity index (χ0v) is 19.1. The summed E-state index contributed by atoms with van der Waals surface area (Å²) in [5, 5.41) is 4.38. The van der Waals surface area contributed by atoms with Gasteiger partial charge in [0.15, 0.2) is 5.82 Å². The highest BCUT2D eigenvalue weighted by atomic mass is 16.5. The van der Waals surface area contributed by atoms with Crippen LogP contribution in [0.3, 0.4) is 0 Å². The Hall–Kier alpha value is -3.58. The van der Waals surface area contributed by atoms with Crippen molar-refractivity contribution >= 4 is 5.82 Å². The Balaban J connectivity index is 1.28. The Bertz CT molecular complexity index is 1150. The molecule has 7 nitrogen and oxygen atoms in total. The lowest BCUT2D eigenvalue weighted by atomic mass is 9.91. The number of aryl methyl sites for hydroxylation is 2. The first-order chi connectivity index (χ1) is 16.2. The summed E-state index contributed by atoms with van der Waals surface area (Å²) in [5.74, 6) is 2.29. The monoisotopic (exact) mass is 440 g/mol. The third-order valence-corrected chi connectivity index (χ3v) is 6.09. The Morgan fingerprint density at radius 2 is 1.48 bits per heavy atom. The number of aromatic nitrogens is 4. The molecule has 0 radical (unpaired) electrons. The van der Waals surface area contributed by atoms with E-state index < -0.39 is 0 Å². The summed E-state index contributed by atoms with van der Waals surface area (Å²) in [7, 11) is 0. The topological polar surface area (TPSA) is 71.2 Å². The van der Waals surface area contributed by atoms with Crippen molar-refractivity contribution in [1.82, 2.24) is 25.0 Å². The van der Waals surface area contributed by atoms with Crippen molar-refractivity contribution in [3.8, 4) is 0 Å². The van der Waals surface area contributed by atoms with E-state index in [1.54, 1.807) is 0 Å². The predicted octanol–water partition coefficient (Wildman–Crippen LogP) is 3.98. The number of nitrogens with zero attached hydrogens (tertiary/aromatic N) is 6. The second-order valence-electron chi connectivity index (χ2n) is 8.48. The molecule has 1 aliphatic rings. The highest BCUT2D eigenvalue weighted by Gasteiger charge is 2.25. The van der Waals surface area contributed by atoms with Gasteiger partial charge in [-0.3, -0.25) is 9.88 Å². The summed E-state index contributed by atoms with van der Waals surface area (Å²) in [6.45, 7) is 8.27. The maximum atomic E-state index is 5.70. The minimum absolute atomic E-state index is 0.0513. The lowest BCUT2D eigenvalue weighted by Crippen LogP contribution is -2.46. The predicted molar refractivity (Wildman–Crippen MR) is 127 cm³/mol. The van der Waals surface area contributed by atoms with E-state index >= 15 is 0 Å². The van der Waals surface area contributed by atoms with Crippen LogP contribution in [0.15, 0.2) is 71.4 Å². The van der Waals surface area contributed by atoms with Crippen LogP contribution in [0.4, 0.5) is 5.82 Å². The molecular weight excluding hydrogens is 412 g/mol. The van der Waals surface area contributed by atoms with Crippen molar-refractivity contribution in [2.45, 2.75) is 26.3 Å². The van der Waals surface area contributed by atoms with Gasteiger partial charge in [0, 0.05) is 32.4 Å². The van der Waals surface area contributed by atoms with E-state index in [9.17, 15) is 0 Å². The lowest BCUT2D eigenvalue weighted by molar-refractivity contribution is 0.215. The molecule has 0 bridgehead atoms. The van der Waals surface area contributed by atoms with Gasteiger partial charge in [-0.1, -0.05) is 65.8 Å². The van der Waals surface area contributed by atoms with E-state index in [2.05, 4.69) is 49.2 Å². The number of anilines is 1. The van der Waals surface area contributed by atoms with Gasteiger partial charge < -0.3 is 9.42 Å². The minimum Gasteiger partial charge on any atom is -0.353 e. The van der Waals surface area contributed by atoms with Crippen LogP contribution in [0.1, 0.15) is 40.1 Å². The normalized spacial score (nSPS) is 14.7. The molecule has 7 heteroatoms. The van der Waals surface area contributed by atoms with Crippen molar-refractivity contribution in [2.75, 3.05) is 31.1 Å². The van der Waals surface area contributed by atoms with Crippen molar-refractivity contribution in [2.24, 2.45) is 0 Å². The van der Waals surface area contributed by atoms with Gasteiger partial charge >= 0.3 is 0 Å². The van der Waals surface area contributed by atoms with Gasteiger partial charge in [-0.25, -0.2) is 4.98 Å². The zero-order valence-electron chi connectivity index (χ0n) is 19.1. The second kappa shape index (κ2) is 9.50. The fourth-order valence-electron chi connectivity index (χ4n) is 4.36. The van der Waals surface area contributed by atoms with E-state index in [0.29, 0.717) is 18.3 Å². The average molecular weight is 441 g/mol. The van der Waals surface area contributed by atoms with E-state index in [4.69, 9.17) is 9.51 Å². The third kappa shape index (κ3) is 4.78. The average Bonchev–Trinajstić information content (AvgIpc) is 3.30. The number of rotatable bonds is 6. The molecule has 2 aromatic carbocycles. The first kappa shape index (κ1) is 21.3. The third-order valence-electron chi connectivity index (χ3n) is 6.09. The molecule has 33 heavy (non-hydrogen) atoms. The molecule has 168 valence electrons. The second-order valence-corrected chi connectivity index (χ2v) is 8.48. The molecule has 1 fully saturated rings. The zero-order chi connectivity index (χ0) is 22.6. The van der Waals surface area contributed by atoms with Crippen LogP contribution < -0.4 is 4.90 Å². The van der Waals surface area contributed by atoms with Gasteiger partial charge in [0.05, 0.1) is 23.9 Å². The Labute approximate surface area is 194 Å². The van der Waals surface area contributed by atoms with Crippen LogP contribution in [-0.2, 0) is 6.54 Å². The van der Waals surface area contributed by atoms with E-state index in [-0.39, 0.29) is 5.92 Å². The van der Waals surface area contributed by atoms with Gasteiger partial charge in [-0.15, -0.1) is 0 Å². The SMILES string of the molecule is Cc1cnc(C)c(N2CCN(Cc3nc(C(c4ccccc4)c4ccccc4)no3)CC2)n1. The van der Waals surface area contributed by atoms with Crippen molar-refractivity contribution in [3.05, 3.63) is 101 Å². The molecule has 1 saturated heterocycles. The Kier molecular flexibility index (Phi) is 6.13. The Morgan fingerprint density at radius 3 is 2.12 bits per heavy atom. The van der Waals surface area contributed by atoms with Crippen molar-refractivity contribution in [1.29, 1.82) is 0 Å². The summed E-state index contributed by atoms with van der Waals surface area (Å²) in [6.07, 6.45) is 1.82. The first-order valence-corrected chi connectivity index (χ1v) is 11.4. The molecule has 4 aromatic rings.